The molecule has 8 heteroatoms. The second kappa shape index (κ2) is 7.47. The molecule has 0 spiro atoms. The molecule has 3 N–H and O–H groups in total. The van der Waals surface area contributed by atoms with Gasteiger partial charge in [0.1, 0.15) is 6.20 Å². The lowest BCUT2D eigenvalue weighted by atomic mass is 10.2. The molecule has 1 atom stereocenters. The first-order valence-corrected chi connectivity index (χ1v) is 6.18. The third kappa shape index (κ3) is 4.66. The molecule has 0 aliphatic carbocycles. The molecule has 0 radical (unpaired) electrons. The van der Waals surface area contributed by atoms with Crippen LogP contribution in [-0.2, 0) is 0 Å². The summed E-state index contributed by atoms with van der Waals surface area (Å²) in [6, 6.07) is 0. The molecule has 0 saturated carbocycles. The van der Waals surface area contributed by atoms with Gasteiger partial charge < -0.3 is 15.7 Å². The highest BCUT2D eigenvalue weighted by atomic mass is 16.6. The summed E-state index contributed by atoms with van der Waals surface area (Å²) in [5.41, 5.74) is -0.174. The largest absolute Gasteiger partial charge is 0.396 e. The van der Waals surface area contributed by atoms with Crippen LogP contribution in [0.4, 0.5) is 17.5 Å². The Hall–Kier alpha value is -1.96. The lowest BCUT2D eigenvalue weighted by Gasteiger charge is -2.11. The summed E-state index contributed by atoms with van der Waals surface area (Å²) >= 11 is 0. The number of aliphatic hydroxyl groups excluding tert-OH is 1. The smallest absolute Gasteiger partial charge is 0.329 e. The highest BCUT2D eigenvalue weighted by molar-refractivity contribution is 5.56. The Bertz CT molecular complexity index is 427. The van der Waals surface area contributed by atoms with Crippen molar-refractivity contribution >= 4 is 17.5 Å². The molecule has 0 saturated heterocycles. The van der Waals surface area contributed by atoms with E-state index in [0.29, 0.717) is 19.0 Å². The monoisotopic (exact) mass is 269 g/mol. The molecule has 1 aromatic rings. The number of nitrogens with zero attached hydrogens (tertiary/aromatic N) is 3. The summed E-state index contributed by atoms with van der Waals surface area (Å²) in [4.78, 5) is 18.3. The van der Waals surface area contributed by atoms with Crippen molar-refractivity contribution in [2.45, 2.75) is 20.3 Å². The van der Waals surface area contributed by atoms with E-state index >= 15 is 0 Å². The minimum absolute atomic E-state index is 0.00677. The molecule has 0 aromatic carbocycles. The molecule has 1 aromatic heterocycles. The van der Waals surface area contributed by atoms with Crippen molar-refractivity contribution in [2.24, 2.45) is 5.92 Å². The van der Waals surface area contributed by atoms with Crippen LogP contribution < -0.4 is 10.6 Å². The maximum Gasteiger partial charge on any atom is 0.329 e. The second-order valence-electron chi connectivity index (χ2n) is 4.28. The lowest BCUT2D eigenvalue weighted by molar-refractivity contribution is -0.384. The summed E-state index contributed by atoms with van der Waals surface area (Å²) in [6.07, 6.45) is 2.08. The molecule has 0 aliphatic rings. The molecule has 0 fully saturated rings. The standard InChI is InChI=1S/C11H19N5O3/c1-3-4-12-11-14-6-9(16(18)19)10(15-11)13-5-8(2)7-17/h6,8,17H,3-5,7H2,1-2H3,(H2,12,13,14,15). The van der Waals surface area contributed by atoms with Crippen LogP contribution in [-0.4, -0.2) is 39.7 Å². The van der Waals surface area contributed by atoms with E-state index in [1.807, 2.05) is 13.8 Å². The normalized spacial score (nSPS) is 11.9. The van der Waals surface area contributed by atoms with Gasteiger partial charge in [0.05, 0.1) is 4.92 Å². The van der Waals surface area contributed by atoms with Crippen LogP contribution >= 0.6 is 0 Å². The van der Waals surface area contributed by atoms with Gasteiger partial charge in [-0.1, -0.05) is 13.8 Å². The van der Waals surface area contributed by atoms with Crippen LogP contribution in [0.3, 0.4) is 0 Å². The van der Waals surface area contributed by atoms with E-state index in [-0.39, 0.29) is 24.0 Å². The lowest BCUT2D eigenvalue weighted by Crippen LogP contribution is -2.17. The molecular formula is C11H19N5O3. The summed E-state index contributed by atoms with van der Waals surface area (Å²) in [6.45, 7) is 4.94. The molecule has 8 nitrogen and oxygen atoms in total. The van der Waals surface area contributed by atoms with Crippen molar-refractivity contribution < 1.29 is 10.0 Å². The van der Waals surface area contributed by atoms with E-state index in [4.69, 9.17) is 5.11 Å². The summed E-state index contributed by atoms with van der Waals surface area (Å²) in [7, 11) is 0. The maximum atomic E-state index is 10.9. The Labute approximate surface area is 111 Å². The zero-order valence-electron chi connectivity index (χ0n) is 11.1. The van der Waals surface area contributed by atoms with Gasteiger partial charge in [-0.05, 0) is 12.3 Å². The van der Waals surface area contributed by atoms with Crippen molar-refractivity contribution in [1.29, 1.82) is 0 Å². The molecule has 0 bridgehead atoms. The van der Waals surface area contributed by atoms with Gasteiger partial charge >= 0.3 is 5.69 Å². The Balaban J connectivity index is 2.85. The van der Waals surface area contributed by atoms with Gasteiger partial charge in [-0.25, -0.2) is 4.98 Å². The first kappa shape index (κ1) is 15.1. The Morgan fingerprint density at radius 2 is 2.26 bits per heavy atom. The van der Waals surface area contributed by atoms with Gasteiger partial charge in [0.15, 0.2) is 0 Å². The fraction of sp³-hybridized carbons (Fsp3) is 0.636. The minimum Gasteiger partial charge on any atom is -0.396 e. The van der Waals surface area contributed by atoms with Crippen LogP contribution in [0.25, 0.3) is 0 Å². The number of nitrogens with one attached hydrogen (secondary N) is 2. The number of anilines is 2. The predicted octanol–water partition coefficient (Wildman–Crippen LogP) is 1.25. The van der Waals surface area contributed by atoms with Gasteiger partial charge in [0.2, 0.25) is 11.8 Å². The van der Waals surface area contributed by atoms with Crippen LogP contribution in [0.15, 0.2) is 6.20 Å². The van der Waals surface area contributed by atoms with E-state index < -0.39 is 4.92 Å². The third-order valence-electron chi connectivity index (χ3n) is 2.43. The zero-order chi connectivity index (χ0) is 14.3. The SMILES string of the molecule is CCCNc1ncc([N+](=O)[O-])c(NCC(C)CO)n1. The summed E-state index contributed by atoms with van der Waals surface area (Å²) < 4.78 is 0. The van der Waals surface area contributed by atoms with Crippen LogP contribution in [0.2, 0.25) is 0 Å². The summed E-state index contributed by atoms with van der Waals surface area (Å²) in [5, 5.41) is 25.7. The average Bonchev–Trinajstić information content (AvgIpc) is 2.42. The number of hydrogen-bond acceptors (Lipinski definition) is 7. The van der Waals surface area contributed by atoms with Crippen LogP contribution in [0.1, 0.15) is 20.3 Å². The van der Waals surface area contributed by atoms with Crippen molar-refractivity contribution in [3.05, 3.63) is 16.3 Å². The first-order valence-electron chi connectivity index (χ1n) is 6.18. The Morgan fingerprint density at radius 1 is 1.53 bits per heavy atom. The number of hydrogen-bond donors (Lipinski definition) is 3. The van der Waals surface area contributed by atoms with E-state index in [1.165, 1.54) is 6.20 Å². The fourth-order valence-corrected chi connectivity index (χ4v) is 1.30. The molecule has 0 aliphatic heterocycles. The molecule has 106 valence electrons. The first-order chi connectivity index (χ1) is 9.08. The quantitative estimate of drug-likeness (QED) is 0.480. The summed E-state index contributed by atoms with van der Waals surface area (Å²) in [5.74, 6) is 0.507. The third-order valence-corrected chi connectivity index (χ3v) is 2.43. The van der Waals surface area contributed by atoms with Crippen molar-refractivity contribution in [3.8, 4) is 0 Å². The van der Waals surface area contributed by atoms with E-state index in [0.717, 1.165) is 6.42 Å². The minimum atomic E-state index is -0.532. The van der Waals surface area contributed by atoms with Gasteiger partial charge in [0, 0.05) is 19.7 Å². The highest BCUT2D eigenvalue weighted by Crippen LogP contribution is 2.22. The van der Waals surface area contributed by atoms with E-state index in [2.05, 4.69) is 20.6 Å². The van der Waals surface area contributed by atoms with Crippen molar-refractivity contribution in [2.75, 3.05) is 30.3 Å². The topological polar surface area (TPSA) is 113 Å². The highest BCUT2D eigenvalue weighted by Gasteiger charge is 2.17. The van der Waals surface area contributed by atoms with Gasteiger partial charge in [-0.15, -0.1) is 0 Å². The van der Waals surface area contributed by atoms with Gasteiger partial charge in [0.25, 0.3) is 0 Å². The van der Waals surface area contributed by atoms with E-state index in [1.54, 1.807) is 0 Å². The number of nitro groups is 1. The molecule has 19 heavy (non-hydrogen) atoms. The maximum absolute atomic E-state index is 10.9. The second-order valence-corrected chi connectivity index (χ2v) is 4.28. The van der Waals surface area contributed by atoms with E-state index in [9.17, 15) is 10.1 Å². The van der Waals surface area contributed by atoms with Gasteiger partial charge in [-0.3, -0.25) is 10.1 Å². The molecule has 1 rings (SSSR count). The van der Waals surface area contributed by atoms with Crippen LogP contribution in [0.5, 0.6) is 0 Å². The fourth-order valence-electron chi connectivity index (χ4n) is 1.30. The van der Waals surface area contributed by atoms with Crippen molar-refractivity contribution in [1.82, 2.24) is 9.97 Å². The van der Waals surface area contributed by atoms with Crippen molar-refractivity contribution in [3.63, 3.8) is 0 Å². The Morgan fingerprint density at radius 3 is 2.84 bits per heavy atom. The molecular weight excluding hydrogens is 250 g/mol. The van der Waals surface area contributed by atoms with Gasteiger partial charge in [-0.2, -0.15) is 4.98 Å². The zero-order valence-corrected chi connectivity index (χ0v) is 11.1. The average molecular weight is 269 g/mol. The predicted molar refractivity (Wildman–Crippen MR) is 72.2 cm³/mol. The Kier molecular flexibility index (Phi) is 5.94. The van der Waals surface area contributed by atoms with Crippen LogP contribution in [0, 0.1) is 16.0 Å². The molecule has 1 heterocycles. The molecule has 0 amide bonds. The number of aromatic nitrogens is 2. The number of rotatable bonds is 8. The number of aliphatic hydroxyl groups is 1. The molecule has 1 unspecified atom stereocenters.